The van der Waals surface area contributed by atoms with Crippen LogP contribution in [0.1, 0.15) is 42.7 Å². The molecule has 2 aromatic carbocycles. The Bertz CT molecular complexity index is 816. The summed E-state index contributed by atoms with van der Waals surface area (Å²) in [6.45, 7) is 6.74. The minimum atomic E-state index is -3.72. The molecule has 1 unspecified atom stereocenters. The SMILES string of the molecule is CCN(CC)C(=O)c1cccc(S(=O)(=O)NC(C)c2ccccc2)c1. The van der Waals surface area contributed by atoms with Gasteiger partial charge in [-0.05, 0) is 44.5 Å². The van der Waals surface area contributed by atoms with E-state index in [0.29, 0.717) is 18.7 Å². The van der Waals surface area contributed by atoms with E-state index in [1.54, 1.807) is 24.0 Å². The lowest BCUT2D eigenvalue weighted by atomic mass is 10.1. The molecule has 0 saturated carbocycles. The van der Waals surface area contributed by atoms with E-state index in [1.165, 1.54) is 12.1 Å². The highest BCUT2D eigenvalue weighted by molar-refractivity contribution is 7.89. The highest BCUT2D eigenvalue weighted by Crippen LogP contribution is 2.18. The average Bonchev–Trinajstić information content (AvgIpc) is 2.63. The van der Waals surface area contributed by atoms with E-state index in [-0.39, 0.29) is 16.8 Å². The van der Waals surface area contributed by atoms with Crippen molar-refractivity contribution in [2.45, 2.75) is 31.7 Å². The number of hydrogen-bond acceptors (Lipinski definition) is 3. The van der Waals surface area contributed by atoms with Gasteiger partial charge in [-0.25, -0.2) is 13.1 Å². The number of hydrogen-bond donors (Lipinski definition) is 1. The lowest BCUT2D eigenvalue weighted by Crippen LogP contribution is -2.31. The van der Waals surface area contributed by atoms with E-state index in [4.69, 9.17) is 0 Å². The topological polar surface area (TPSA) is 66.5 Å². The molecule has 6 heteroatoms. The summed E-state index contributed by atoms with van der Waals surface area (Å²) < 4.78 is 28.0. The molecule has 0 aliphatic carbocycles. The maximum absolute atomic E-state index is 12.7. The molecule has 0 aliphatic rings. The first-order valence-corrected chi connectivity index (χ1v) is 9.84. The van der Waals surface area contributed by atoms with Crippen LogP contribution < -0.4 is 4.72 Å². The average molecular weight is 360 g/mol. The van der Waals surface area contributed by atoms with Gasteiger partial charge in [-0.2, -0.15) is 0 Å². The largest absolute Gasteiger partial charge is 0.339 e. The molecule has 0 heterocycles. The lowest BCUT2D eigenvalue weighted by molar-refractivity contribution is 0.0772. The molecule has 0 aliphatic heterocycles. The Kier molecular flexibility index (Phi) is 6.33. The third kappa shape index (κ3) is 4.67. The van der Waals surface area contributed by atoms with Crippen LogP contribution in [0.5, 0.6) is 0 Å². The maximum atomic E-state index is 12.7. The summed E-state index contributed by atoms with van der Waals surface area (Å²) in [5.74, 6) is -0.168. The van der Waals surface area contributed by atoms with E-state index in [2.05, 4.69) is 4.72 Å². The van der Waals surface area contributed by atoms with Crippen molar-refractivity contribution in [3.63, 3.8) is 0 Å². The van der Waals surface area contributed by atoms with Gasteiger partial charge in [0, 0.05) is 24.7 Å². The molecule has 134 valence electrons. The number of carbonyl (C=O) groups is 1. The van der Waals surface area contributed by atoms with Crippen molar-refractivity contribution in [1.82, 2.24) is 9.62 Å². The van der Waals surface area contributed by atoms with Gasteiger partial charge in [-0.15, -0.1) is 0 Å². The molecule has 0 radical (unpaired) electrons. The minimum Gasteiger partial charge on any atom is -0.339 e. The van der Waals surface area contributed by atoms with Gasteiger partial charge in [0.1, 0.15) is 0 Å². The van der Waals surface area contributed by atoms with Crippen molar-refractivity contribution in [2.75, 3.05) is 13.1 Å². The van der Waals surface area contributed by atoms with Gasteiger partial charge in [0.2, 0.25) is 10.0 Å². The van der Waals surface area contributed by atoms with Crippen LogP contribution in [0.25, 0.3) is 0 Å². The van der Waals surface area contributed by atoms with Gasteiger partial charge in [-0.1, -0.05) is 36.4 Å². The molecule has 1 amide bonds. The predicted molar refractivity (Wildman–Crippen MR) is 98.9 cm³/mol. The molecule has 0 bridgehead atoms. The fraction of sp³-hybridized carbons (Fsp3) is 0.316. The number of rotatable bonds is 7. The smallest absolute Gasteiger partial charge is 0.253 e. The summed E-state index contributed by atoms with van der Waals surface area (Å²) in [4.78, 5) is 14.2. The number of amides is 1. The molecular weight excluding hydrogens is 336 g/mol. The number of benzene rings is 2. The molecule has 2 rings (SSSR count). The van der Waals surface area contributed by atoms with Crippen LogP contribution in [0.3, 0.4) is 0 Å². The molecule has 0 spiro atoms. The highest BCUT2D eigenvalue weighted by Gasteiger charge is 2.20. The van der Waals surface area contributed by atoms with Crippen LogP contribution in [0, 0.1) is 0 Å². The zero-order valence-corrected chi connectivity index (χ0v) is 15.6. The van der Waals surface area contributed by atoms with E-state index >= 15 is 0 Å². The molecular formula is C19H24N2O3S. The number of sulfonamides is 1. The summed E-state index contributed by atoms with van der Waals surface area (Å²) in [5.41, 5.74) is 1.25. The van der Waals surface area contributed by atoms with Crippen molar-refractivity contribution < 1.29 is 13.2 Å². The third-order valence-electron chi connectivity index (χ3n) is 4.07. The van der Waals surface area contributed by atoms with Crippen LogP contribution >= 0.6 is 0 Å². The fourth-order valence-corrected chi connectivity index (χ4v) is 3.88. The Morgan fingerprint density at radius 3 is 2.28 bits per heavy atom. The molecule has 5 nitrogen and oxygen atoms in total. The second-order valence-electron chi connectivity index (χ2n) is 5.76. The van der Waals surface area contributed by atoms with Crippen molar-refractivity contribution in [1.29, 1.82) is 0 Å². The molecule has 0 aromatic heterocycles. The zero-order valence-electron chi connectivity index (χ0n) is 14.8. The summed E-state index contributed by atoms with van der Waals surface area (Å²) in [5, 5.41) is 0. The number of nitrogens with one attached hydrogen (secondary N) is 1. The monoisotopic (exact) mass is 360 g/mol. The van der Waals surface area contributed by atoms with Gasteiger partial charge in [0.15, 0.2) is 0 Å². The molecule has 25 heavy (non-hydrogen) atoms. The standard InChI is InChI=1S/C19H24N2O3S/c1-4-21(5-2)19(22)17-12-9-13-18(14-17)25(23,24)20-15(3)16-10-7-6-8-11-16/h6-15,20H,4-5H2,1-3H3. The van der Waals surface area contributed by atoms with E-state index in [0.717, 1.165) is 5.56 Å². The maximum Gasteiger partial charge on any atom is 0.253 e. The Morgan fingerprint density at radius 1 is 1.04 bits per heavy atom. The Balaban J connectivity index is 2.25. The summed E-state index contributed by atoms with van der Waals surface area (Å²) in [6.07, 6.45) is 0. The van der Waals surface area contributed by atoms with Crippen LogP contribution in [0.2, 0.25) is 0 Å². The first kappa shape index (κ1) is 19.1. The quantitative estimate of drug-likeness (QED) is 0.824. The first-order chi connectivity index (χ1) is 11.9. The molecule has 1 atom stereocenters. The Labute approximate surface area is 149 Å². The molecule has 2 aromatic rings. The van der Waals surface area contributed by atoms with E-state index < -0.39 is 10.0 Å². The summed E-state index contributed by atoms with van der Waals surface area (Å²) >= 11 is 0. The number of carbonyl (C=O) groups excluding carboxylic acids is 1. The molecule has 1 N–H and O–H groups in total. The summed E-state index contributed by atoms with van der Waals surface area (Å²) in [7, 11) is -3.72. The van der Waals surface area contributed by atoms with Crippen molar-refractivity contribution in [2.24, 2.45) is 0 Å². The zero-order chi connectivity index (χ0) is 18.4. The van der Waals surface area contributed by atoms with Crippen molar-refractivity contribution in [3.05, 3.63) is 65.7 Å². The van der Waals surface area contributed by atoms with Crippen LogP contribution in [0.15, 0.2) is 59.5 Å². The minimum absolute atomic E-state index is 0.0910. The van der Waals surface area contributed by atoms with Gasteiger partial charge in [-0.3, -0.25) is 4.79 Å². The lowest BCUT2D eigenvalue weighted by Gasteiger charge is -2.19. The van der Waals surface area contributed by atoms with Gasteiger partial charge >= 0.3 is 0 Å². The Morgan fingerprint density at radius 2 is 1.68 bits per heavy atom. The van der Waals surface area contributed by atoms with Gasteiger partial charge in [0.05, 0.1) is 4.90 Å². The van der Waals surface area contributed by atoms with Crippen molar-refractivity contribution >= 4 is 15.9 Å². The van der Waals surface area contributed by atoms with Gasteiger partial charge in [0.25, 0.3) is 5.91 Å². The van der Waals surface area contributed by atoms with Crippen LogP contribution in [-0.2, 0) is 10.0 Å². The fourth-order valence-electron chi connectivity index (χ4n) is 2.60. The summed E-state index contributed by atoms with van der Waals surface area (Å²) in [6, 6.07) is 15.1. The predicted octanol–water partition coefficient (Wildman–Crippen LogP) is 3.21. The van der Waals surface area contributed by atoms with E-state index in [9.17, 15) is 13.2 Å². The second-order valence-corrected chi connectivity index (χ2v) is 7.47. The van der Waals surface area contributed by atoms with Crippen LogP contribution in [-0.4, -0.2) is 32.3 Å². The van der Waals surface area contributed by atoms with Crippen LogP contribution in [0.4, 0.5) is 0 Å². The highest BCUT2D eigenvalue weighted by atomic mass is 32.2. The first-order valence-electron chi connectivity index (χ1n) is 8.35. The normalized spacial score (nSPS) is 12.6. The second kappa shape index (κ2) is 8.27. The third-order valence-corrected chi connectivity index (χ3v) is 5.61. The Hall–Kier alpha value is -2.18. The number of nitrogens with zero attached hydrogens (tertiary/aromatic N) is 1. The van der Waals surface area contributed by atoms with Gasteiger partial charge < -0.3 is 4.90 Å². The molecule has 0 fully saturated rings. The molecule has 0 saturated heterocycles. The van der Waals surface area contributed by atoms with E-state index in [1.807, 2.05) is 44.2 Å². The van der Waals surface area contributed by atoms with Crippen molar-refractivity contribution in [3.8, 4) is 0 Å².